The van der Waals surface area contributed by atoms with Crippen LogP contribution in [0.15, 0.2) is 45.7 Å². The monoisotopic (exact) mass is 424 g/mol. The third-order valence-corrected chi connectivity index (χ3v) is 4.87. The van der Waals surface area contributed by atoms with Gasteiger partial charge in [-0.05, 0) is 35.9 Å². The molecule has 0 amide bonds. The molecule has 0 aliphatic heterocycles. The maximum atomic E-state index is 11.8. The van der Waals surface area contributed by atoms with Gasteiger partial charge in [0.1, 0.15) is 5.76 Å². The lowest BCUT2D eigenvalue weighted by Gasteiger charge is -2.14. The molecule has 0 fully saturated rings. The first kappa shape index (κ1) is 20.1. The molecule has 0 unspecified atom stereocenters. The number of nitrogens with zero attached hydrogens (tertiary/aromatic N) is 1. The number of ether oxygens (including phenoxy) is 4. The summed E-state index contributed by atoms with van der Waals surface area (Å²) < 4.78 is 27.5. The minimum atomic E-state index is -0.540. The number of benzene rings is 2. The molecule has 4 rings (SSSR count). The predicted molar refractivity (Wildman–Crippen MR) is 113 cm³/mol. The van der Waals surface area contributed by atoms with E-state index in [9.17, 15) is 9.90 Å². The molecule has 0 aliphatic carbocycles. The van der Waals surface area contributed by atoms with Gasteiger partial charge in [-0.25, -0.2) is 9.78 Å². The summed E-state index contributed by atoms with van der Waals surface area (Å²) in [6.07, 6.45) is 1.43. The van der Waals surface area contributed by atoms with Crippen LogP contribution in [0.3, 0.4) is 0 Å². The molecular formula is C22H20N2O7. The van der Waals surface area contributed by atoms with Crippen LogP contribution >= 0.6 is 0 Å². The van der Waals surface area contributed by atoms with Crippen LogP contribution in [0.25, 0.3) is 33.6 Å². The number of nitrogens with one attached hydrogen (secondary N) is 1. The van der Waals surface area contributed by atoms with E-state index in [4.69, 9.17) is 23.4 Å². The predicted octanol–water partition coefficient (Wildman–Crippen LogP) is 3.59. The third-order valence-electron chi connectivity index (χ3n) is 4.87. The second kappa shape index (κ2) is 7.94. The highest BCUT2D eigenvalue weighted by Gasteiger charge is 2.23. The molecule has 2 aromatic heterocycles. The van der Waals surface area contributed by atoms with E-state index in [2.05, 4.69) is 9.97 Å². The number of fused-ring (bicyclic) bond motifs is 1. The molecule has 4 aromatic rings. The summed E-state index contributed by atoms with van der Waals surface area (Å²) in [4.78, 5) is 18.2. The quantitative estimate of drug-likeness (QED) is 0.482. The van der Waals surface area contributed by atoms with E-state index in [0.717, 1.165) is 0 Å². The van der Waals surface area contributed by atoms with Gasteiger partial charge < -0.3 is 28.5 Å². The van der Waals surface area contributed by atoms with Crippen LogP contribution in [0.2, 0.25) is 0 Å². The molecule has 2 aromatic carbocycles. The molecule has 0 saturated heterocycles. The zero-order chi connectivity index (χ0) is 22.1. The Morgan fingerprint density at radius 1 is 0.903 bits per heavy atom. The van der Waals surface area contributed by atoms with E-state index >= 15 is 0 Å². The molecule has 2 heterocycles. The number of hydrogen-bond acceptors (Lipinski definition) is 8. The molecule has 2 N–H and O–H groups in total. The molecule has 0 aliphatic rings. The molecule has 9 heteroatoms. The smallest absolute Gasteiger partial charge is 0.347 e. The minimum absolute atomic E-state index is 0.0529. The van der Waals surface area contributed by atoms with Crippen LogP contribution in [0.4, 0.5) is 0 Å². The van der Waals surface area contributed by atoms with Gasteiger partial charge in [-0.15, -0.1) is 0 Å². The lowest BCUT2D eigenvalue weighted by Crippen LogP contribution is -2.07. The number of hydrogen-bond donors (Lipinski definition) is 2. The number of furan rings is 1. The van der Waals surface area contributed by atoms with Gasteiger partial charge in [0.15, 0.2) is 23.0 Å². The zero-order valence-corrected chi connectivity index (χ0v) is 17.3. The van der Waals surface area contributed by atoms with Crippen molar-refractivity contribution in [3.8, 4) is 51.2 Å². The first-order valence-corrected chi connectivity index (χ1v) is 9.20. The standard InChI is InChI=1S/C22H20N2O7/c1-27-15-6-5-11(7-14(15)25)19-18(13-10-23-22(26)24-21(13)31-19)12-8-16(28-2)20(30-4)17(9-12)29-3/h5-10,25H,1-4H3,(H,23,24,26). The lowest BCUT2D eigenvalue weighted by molar-refractivity contribution is 0.324. The van der Waals surface area contributed by atoms with Crippen LogP contribution in [0.5, 0.6) is 28.7 Å². The Kier molecular flexibility index (Phi) is 5.16. The summed E-state index contributed by atoms with van der Waals surface area (Å²) in [5.41, 5.74) is 1.57. The van der Waals surface area contributed by atoms with E-state index in [1.165, 1.54) is 40.7 Å². The number of aromatic nitrogens is 2. The molecule has 0 radical (unpaired) electrons. The molecule has 0 spiro atoms. The van der Waals surface area contributed by atoms with Crippen molar-refractivity contribution in [1.29, 1.82) is 0 Å². The Balaban J connectivity index is 2.05. The van der Waals surface area contributed by atoms with E-state index < -0.39 is 5.69 Å². The molecule has 160 valence electrons. The second-order valence-electron chi connectivity index (χ2n) is 6.54. The first-order valence-electron chi connectivity index (χ1n) is 9.20. The summed E-state index contributed by atoms with van der Waals surface area (Å²) in [5, 5.41) is 10.8. The molecule has 0 bridgehead atoms. The fourth-order valence-electron chi connectivity index (χ4n) is 3.46. The van der Waals surface area contributed by atoms with Gasteiger partial charge in [0.25, 0.3) is 0 Å². The number of phenolic OH excluding ortho intramolecular Hbond substituents is 1. The summed E-state index contributed by atoms with van der Waals surface area (Å²) >= 11 is 0. The van der Waals surface area contributed by atoms with Gasteiger partial charge in [0.2, 0.25) is 11.5 Å². The van der Waals surface area contributed by atoms with Crippen LogP contribution in [0, 0.1) is 0 Å². The Bertz CT molecular complexity index is 1300. The topological polar surface area (TPSA) is 116 Å². The number of aromatic hydroxyl groups is 1. The fourth-order valence-corrected chi connectivity index (χ4v) is 3.46. The second-order valence-corrected chi connectivity index (χ2v) is 6.54. The van der Waals surface area contributed by atoms with E-state index in [1.54, 1.807) is 24.3 Å². The Morgan fingerprint density at radius 2 is 1.58 bits per heavy atom. The maximum absolute atomic E-state index is 11.8. The van der Waals surface area contributed by atoms with Gasteiger partial charge >= 0.3 is 5.69 Å². The average molecular weight is 424 g/mol. The Morgan fingerprint density at radius 3 is 2.16 bits per heavy atom. The maximum Gasteiger partial charge on any atom is 0.347 e. The highest BCUT2D eigenvalue weighted by Crippen LogP contribution is 2.47. The van der Waals surface area contributed by atoms with Crippen LogP contribution in [-0.2, 0) is 0 Å². The average Bonchev–Trinajstić information content (AvgIpc) is 3.16. The van der Waals surface area contributed by atoms with Crippen molar-refractivity contribution >= 4 is 11.1 Å². The van der Waals surface area contributed by atoms with Gasteiger partial charge in [-0.3, -0.25) is 4.98 Å². The normalized spacial score (nSPS) is 10.8. The van der Waals surface area contributed by atoms with Crippen molar-refractivity contribution in [3.63, 3.8) is 0 Å². The molecule has 0 saturated carbocycles. The minimum Gasteiger partial charge on any atom is -0.504 e. The van der Waals surface area contributed by atoms with E-state index in [-0.39, 0.29) is 11.5 Å². The summed E-state index contributed by atoms with van der Waals surface area (Å²) in [5.74, 6) is 2.02. The first-order chi connectivity index (χ1) is 15.0. The Labute approximate surface area is 176 Å². The number of H-pyrrole nitrogens is 1. The van der Waals surface area contributed by atoms with Gasteiger partial charge in [-0.2, -0.15) is 0 Å². The molecule has 31 heavy (non-hydrogen) atoms. The highest BCUT2D eigenvalue weighted by atomic mass is 16.5. The highest BCUT2D eigenvalue weighted by molar-refractivity contribution is 6.00. The zero-order valence-electron chi connectivity index (χ0n) is 17.3. The van der Waals surface area contributed by atoms with Crippen LogP contribution in [-0.4, -0.2) is 43.5 Å². The van der Waals surface area contributed by atoms with Crippen LogP contribution in [0.1, 0.15) is 0 Å². The summed E-state index contributed by atoms with van der Waals surface area (Å²) in [7, 11) is 6.03. The largest absolute Gasteiger partial charge is 0.504 e. The fraction of sp³-hybridized carbons (Fsp3) is 0.182. The van der Waals surface area contributed by atoms with Crippen LogP contribution < -0.4 is 24.6 Å². The number of rotatable bonds is 6. The summed E-state index contributed by atoms with van der Waals surface area (Å²) in [6.45, 7) is 0. The van der Waals surface area contributed by atoms with Gasteiger partial charge in [0.05, 0.1) is 33.8 Å². The third kappa shape index (κ3) is 3.39. The van der Waals surface area contributed by atoms with Crippen molar-refractivity contribution < 1.29 is 28.5 Å². The van der Waals surface area contributed by atoms with Crippen molar-refractivity contribution in [2.24, 2.45) is 0 Å². The van der Waals surface area contributed by atoms with Crippen molar-refractivity contribution in [2.45, 2.75) is 0 Å². The number of methoxy groups -OCH3 is 4. The number of aromatic amines is 1. The lowest BCUT2D eigenvalue weighted by atomic mass is 9.98. The van der Waals surface area contributed by atoms with Crippen molar-refractivity contribution in [1.82, 2.24) is 9.97 Å². The van der Waals surface area contributed by atoms with Gasteiger partial charge in [0, 0.05) is 17.3 Å². The van der Waals surface area contributed by atoms with E-state index in [0.29, 0.717) is 50.8 Å². The van der Waals surface area contributed by atoms with Crippen molar-refractivity contribution in [3.05, 3.63) is 47.0 Å². The van der Waals surface area contributed by atoms with Gasteiger partial charge in [-0.1, -0.05) is 0 Å². The van der Waals surface area contributed by atoms with Crippen molar-refractivity contribution in [2.75, 3.05) is 28.4 Å². The molecule has 9 nitrogen and oxygen atoms in total. The summed E-state index contributed by atoms with van der Waals surface area (Å²) in [6, 6.07) is 8.41. The Hall–Kier alpha value is -4.14. The molecule has 0 atom stereocenters. The SMILES string of the molecule is COc1ccc(-c2oc3[nH]c(=O)ncc3c2-c2cc(OC)c(OC)c(OC)c2)cc1O. The molecular weight excluding hydrogens is 404 g/mol. The van der Waals surface area contributed by atoms with E-state index in [1.807, 2.05) is 0 Å². The number of phenols is 1.